The number of carbonyl (C=O) groups excluding carboxylic acids is 4. The Morgan fingerprint density at radius 1 is 0.311 bits per heavy atom. The van der Waals surface area contributed by atoms with Crippen LogP contribution in [0.2, 0.25) is 0 Å². The van der Waals surface area contributed by atoms with Crippen LogP contribution in [0.4, 0.5) is 0 Å². The number of phosphoric acid groups is 2. The first-order valence-corrected chi connectivity index (χ1v) is 39.7. The zero-order valence-electron chi connectivity index (χ0n) is 58.8. The van der Waals surface area contributed by atoms with Gasteiger partial charge in [-0.25, -0.2) is 9.13 Å². The summed E-state index contributed by atoms with van der Waals surface area (Å²) in [7, 11) is -9.90. The summed E-state index contributed by atoms with van der Waals surface area (Å²) in [6.07, 6.45) is 43.5. The van der Waals surface area contributed by atoms with Crippen molar-refractivity contribution in [2.24, 2.45) is 23.7 Å². The Labute approximate surface area is 549 Å². The van der Waals surface area contributed by atoms with Crippen molar-refractivity contribution in [2.45, 2.75) is 369 Å². The third kappa shape index (κ3) is 63.5. The van der Waals surface area contributed by atoms with E-state index in [0.717, 1.165) is 115 Å². The number of hydrogen-bond donors (Lipinski definition) is 3. The van der Waals surface area contributed by atoms with Gasteiger partial charge in [-0.1, -0.05) is 299 Å². The molecule has 3 N–H and O–H groups in total. The minimum Gasteiger partial charge on any atom is -0.462 e. The van der Waals surface area contributed by atoms with Gasteiger partial charge >= 0.3 is 39.5 Å². The highest BCUT2D eigenvalue weighted by Crippen LogP contribution is 2.45. The molecule has 0 aromatic heterocycles. The highest BCUT2D eigenvalue weighted by atomic mass is 31.2. The third-order valence-corrected chi connectivity index (χ3v) is 18.6. The first-order chi connectivity index (χ1) is 43.1. The molecule has 3 unspecified atom stereocenters. The number of phosphoric ester groups is 2. The molecule has 0 heterocycles. The molecule has 0 aromatic carbocycles. The zero-order valence-corrected chi connectivity index (χ0v) is 60.6. The third-order valence-electron chi connectivity index (χ3n) is 16.7. The van der Waals surface area contributed by atoms with E-state index in [2.05, 4.69) is 55.4 Å². The molecule has 0 fully saturated rings. The summed E-state index contributed by atoms with van der Waals surface area (Å²) < 4.78 is 68.2. The zero-order chi connectivity index (χ0) is 66.8. The second kappa shape index (κ2) is 60.7. The van der Waals surface area contributed by atoms with Gasteiger partial charge in [0.25, 0.3) is 0 Å². The predicted octanol–water partition coefficient (Wildman–Crippen LogP) is 20.1. The molecule has 0 aliphatic rings. The minimum absolute atomic E-state index is 0.101. The van der Waals surface area contributed by atoms with Crippen LogP contribution >= 0.6 is 15.6 Å². The van der Waals surface area contributed by atoms with E-state index in [9.17, 15) is 43.2 Å². The largest absolute Gasteiger partial charge is 0.472 e. The summed E-state index contributed by atoms with van der Waals surface area (Å²) in [6.45, 7) is 14.0. The summed E-state index contributed by atoms with van der Waals surface area (Å²) in [5.74, 6) is 0.790. The van der Waals surface area contributed by atoms with Gasteiger partial charge in [-0.05, 0) is 49.4 Å². The maximum atomic E-state index is 13.0. The van der Waals surface area contributed by atoms with Crippen molar-refractivity contribution >= 4 is 39.5 Å². The lowest BCUT2D eigenvalue weighted by Crippen LogP contribution is -2.30. The molecule has 0 aliphatic carbocycles. The van der Waals surface area contributed by atoms with Crippen LogP contribution in [0.25, 0.3) is 0 Å². The molecular formula is C71H138O17P2. The van der Waals surface area contributed by atoms with Gasteiger partial charge in [0.05, 0.1) is 26.4 Å². The number of aliphatic hydroxyl groups is 1. The summed E-state index contributed by atoms with van der Waals surface area (Å²) >= 11 is 0. The SMILES string of the molecule is CCC(C)CCCCCCCCC(=O)OC[C@H](COP(=O)(O)OC[C@H](O)COP(=O)(O)OC[C@@H](COC(=O)CCCCCCCCCC(C)C)OC(=O)CCCCCCCCC(C)C)OC(=O)CCCCCCCCCCCCCCCCCCCCC(C)C. The van der Waals surface area contributed by atoms with Crippen molar-refractivity contribution < 1.29 is 80.2 Å². The quantitative estimate of drug-likeness (QED) is 0.0222. The average Bonchev–Trinajstić information content (AvgIpc) is 3.65. The fourth-order valence-electron chi connectivity index (χ4n) is 10.6. The van der Waals surface area contributed by atoms with E-state index in [4.69, 9.17) is 37.0 Å². The number of hydrogen-bond acceptors (Lipinski definition) is 15. The number of rotatable bonds is 68. The Kier molecular flexibility index (Phi) is 59.4. The Morgan fingerprint density at radius 3 is 0.789 bits per heavy atom. The summed E-state index contributed by atoms with van der Waals surface area (Å²) in [6, 6.07) is 0. The van der Waals surface area contributed by atoms with E-state index in [-0.39, 0.29) is 25.7 Å². The molecule has 90 heavy (non-hydrogen) atoms. The summed E-state index contributed by atoms with van der Waals surface area (Å²) in [5.41, 5.74) is 0. The normalized spacial score (nSPS) is 14.6. The number of ether oxygens (including phenoxy) is 4. The molecule has 0 saturated carbocycles. The van der Waals surface area contributed by atoms with E-state index < -0.39 is 97.5 Å². The molecule has 0 bridgehead atoms. The highest BCUT2D eigenvalue weighted by molar-refractivity contribution is 7.47. The van der Waals surface area contributed by atoms with E-state index in [1.807, 2.05) is 0 Å². The van der Waals surface area contributed by atoms with Gasteiger partial charge in [0.2, 0.25) is 0 Å². The van der Waals surface area contributed by atoms with Gasteiger partial charge in [-0.2, -0.15) is 0 Å². The molecule has 6 atom stereocenters. The molecule has 0 saturated heterocycles. The van der Waals surface area contributed by atoms with Crippen LogP contribution in [-0.2, 0) is 65.4 Å². The lowest BCUT2D eigenvalue weighted by Gasteiger charge is -2.21. The molecular weight excluding hydrogens is 1190 g/mol. The Balaban J connectivity index is 5.15. The van der Waals surface area contributed by atoms with Gasteiger partial charge < -0.3 is 33.8 Å². The minimum atomic E-state index is -4.95. The fraction of sp³-hybridized carbons (Fsp3) is 0.944. The Bertz CT molecular complexity index is 1780. The molecule has 0 aromatic rings. The van der Waals surface area contributed by atoms with Crippen molar-refractivity contribution in [1.82, 2.24) is 0 Å². The smallest absolute Gasteiger partial charge is 0.462 e. The molecule has 0 rings (SSSR count). The number of esters is 4. The lowest BCUT2D eigenvalue weighted by molar-refractivity contribution is -0.161. The van der Waals surface area contributed by atoms with Gasteiger partial charge in [0, 0.05) is 25.7 Å². The van der Waals surface area contributed by atoms with Crippen LogP contribution in [0.5, 0.6) is 0 Å². The fourth-order valence-corrected chi connectivity index (χ4v) is 12.2. The highest BCUT2D eigenvalue weighted by Gasteiger charge is 2.30. The van der Waals surface area contributed by atoms with Crippen LogP contribution < -0.4 is 0 Å². The lowest BCUT2D eigenvalue weighted by atomic mass is 10.00. The predicted molar refractivity (Wildman–Crippen MR) is 363 cm³/mol. The topological polar surface area (TPSA) is 237 Å². The van der Waals surface area contributed by atoms with E-state index in [1.54, 1.807) is 0 Å². The van der Waals surface area contributed by atoms with Crippen LogP contribution in [0.3, 0.4) is 0 Å². The average molecular weight is 1330 g/mol. The van der Waals surface area contributed by atoms with Gasteiger partial charge in [0.1, 0.15) is 19.3 Å². The van der Waals surface area contributed by atoms with Crippen molar-refractivity contribution in [3.8, 4) is 0 Å². The van der Waals surface area contributed by atoms with Gasteiger partial charge in [-0.15, -0.1) is 0 Å². The van der Waals surface area contributed by atoms with E-state index >= 15 is 0 Å². The maximum Gasteiger partial charge on any atom is 0.472 e. The molecule has 0 spiro atoms. The second-order valence-electron chi connectivity index (χ2n) is 27.3. The Hall–Kier alpha value is -1.94. The number of unbranched alkanes of at least 4 members (excludes halogenated alkanes) is 33. The summed E-state index contributed by atoms with van der Waals surface area (Å²) in [4.78, 5) is 72.4. The Morgan fingerprint density at radius 2 is 0.533 bits per heavy atom. The molecule has 0 radical (unpaired) electrons. The van der Waals surface area contributed by atoms with Gasteiger partial charge in [-0.3, -0.25) is 37.3 Å². The molecule has 19 heteroatoms. The first kappa shape index (κ1) is 88.1. The first-order valence-electron chi connectivity index (χ1n) is 36.7. The van der Waals surface area contributed by atoms with Crippen molar-refractivity contribution in [1.29, 1.82) is 0 Å². The second-order valence-corrected chi connectivity index (χ2v) is 30.2. The van der Waals surface area contributed by atoms with Gasteiger partial charge in [0.15, 0.2) is 12.2 Å². The van der Waals surface area contributed by atoms with Crippen molar-refractivity contribution in [3.05, 3.63) is 0 Å². The monoisotopic (exact) mass is 1320 g/mol. The van der Waals surface area contributed by atoms with Crippen molar-refractivity contribution in [3.63, 3.8) is 0 Å². The maximum absolute atomic E-state index is 13.0. The molecule has 0 aliphatic heterocycles. The number of aliphatic hydroxyl groups excluding tert-OH is 1. The molecule has 17 nitrogen and oxygen atoms in total. The van der Waals surface area contributed by atoms with Crippen LogP contribution in [0.1, 0.15) is 351 Å². The van der Waals surface area contributed by atoms with Crippen molar-refractivity contribution in [2.75, 3.05) is 39.6 Å². The summed E-state index contributed by atoms with van der Waals surface area (Å²) in [5, 5.41) is 10.6. The molecule has 0 amide bonds. The number of carbonyl (C=O) groups is 4. The van der Waals surface area contributed by atoms with Crippen LogP contribution in [0.15, 0.2) is 0 Å². The van der Waals surface area contributed by atoms with Crippen LogP contribution in [0, 0.1) is 23.7 Å². The molecule has 534 valence electrons. The van der Waals surface area contributed by atoms with E-state index in [0.29, 0.717) is 37.5 Å². The standard InChI is InChI=1S/C71H138O17P2/c1-9-64(8)50-42-34-28-30-36-44-52-69(74)82-58-66(87-70(75)53-45-37-25-21-19-17-15-13-11-10-12-14-16-18-20-23-31-39-47-61(2)3)59-85-89(77,78)83-55-65(72)56-84-90(79,80)86-60-67(88-71(76)54-46-38-29-27-33-41-49-63(6)7)57-81-68(73)51-43-35-26-22-24-32-40-48-62(4)5/h61-67,72H,9-60H2,1-8H3,(H,77,78)(H,79,80)/t64?,65-,66+,67+/m0/s1. The van der Waals surface area contributed by atoms with E-state index in [1.165, 1.54) is 141 Å². The van der Waals surface area contributed by atoms with Crippen LogP contribution in [-0.4, -0.2) is 96.7 Å².